The van der Waals surface area contributed by atoms with E-state index in [0.717, 1.165) is 0 Å². The molecule has 1 aliphatic carbocycles. The maximum Gasteiger partial charge on any atom is 0.455 e. The molecule has 156 valence electrons. The lowest BCUT2D eigenvalue weighted by Gasteiger charge is -2.42. The average Bonchev–Trinajstić information content (AvgIpc) is 3.26. The molecular formula is C18H24BN3O7. The number of primary amides is 1. The first-order valence-electron chi connectivity index (χ1n) is 9.65. The minimum absolute atomic E-state index is 0.0877. The number of carboxylic acids is 1. The molecule has 0 spiro atoms. The Balaban J connectivity index is 1.40. The molecule has 1 saturated carbocycles. The van der Waals surface area contributed by atoms with Gasteiger partial charge in [0.25, 0.3) is 0 Å². The van der Waals surface area contributed by atoms with E-state index in [1.165, 1.54) is 6.07 Å². The molecule has 0 radical (unpaired) electrons. The Hall–Kier alpha value is -2.34. The summed E-state index contributed by atoms with van der Waals surface area (Å²) >= 11 is 0. The van der Waals surface area contributed by atoms with E-state index in [1.54, 1.807) is 6.07 Å². The Morgan fingerprint density at radius 1 is 1.24 bits per heavy atom. The number of nitrogens with one attached hydrogen (secondary N) is 1. The van der Waals surface area contributed by atoms with Crippen LogP contribution in [0.15, 0.2) is 12.1 Å². The van der Waals surface area contributed by atoms with E-state index in [-0.39, 0.29) is 47.1 Å². The van der Waals surface area contributed by atoms with Crippen molar-refractivity contribution < 1.29 is 34.6 Å². The zero-order valence-electron chi connectivity index (χ0n) is 15.7. The predicted octanol–water partition coefficient (Wildman–Crippen LogP) is -1.30. The van der Waals surface area contributed by atoms with Crippen molar-refractivity contribution in [2.24, 2.45) is 5.73 Å². The van der Waals surface area contributed by atoms with Crippen LogP contribution < -0.4 is 15.8 Å². The molecule has 10 nitrogen and oxygen atoms in total. The molecule has 2 aliphatic heterocycles. The van der Waals surface area contributed by atoms with Gasteiger partial charge in [-0.15, -0.1) is 0 Å². The third-order valence-corrected chi connectivity index (χ3v) is 6.14. The number of nitrogens with zero attached hydrogens (tertiary/aromatic N) is 1. The first-order valence-corrected chi connectivity index (χ1v) is 9.65. The Labute approximate surface area is 167 Å². The minimum Gasteiger partial charge on any atom is -0.507 e. The number of likely N-dealkylation sites (tertiary alicyclic amines) is 1. The van der Waals surface area contributed by atoms with E-state index < -0.39 is 18.9 Å². The molecule has 1 aromatic carbocycles. The van der Waals surface area contributed by atoms with Gasteiger partial charge in [-0.2, -0.15) is 0 Å². The van der Waals surface area contributed by atoms with Crippen molar-refractivity contribution >= 4 is 19.0 Å². The van der Waals surface area contributed by atoms with Crippen LogP contribution >= 0.6 is 0 Å². The van der Waals surface area contributed by atoms with Gasteiger partial charge in [-0.05, 0) is 30.4 Å². The molecule has 1 amide bonds. The van der Waals surface area contributed by atoms with Gasteiger partial charge in [-0.3, -0.25) is 9.69 Å². The van der Waals surface area contributed by atoms with E-state index >= 15 is 0 Å². The highest BCUT2D eigenvalue weighted by molar-refractivity contribution is 6.44. The lowest BCUT2D eigenvalue weighted by molar-refractivity contribution is -0.119. The third-order valence-electron chi connectivity index (χ3n) is 6.14. The standard InChI is InChI=1S/C18H24BN3O7/c20-17(24)13-3-8(5-21-13)22-6-9(7-22)29-14-2-1-10(11-4-12(11)19(27)28)16(23)15(14)18(25)26/h1-2,8-9,11-13,21,23,27-28H,3-7H2,(H2,20,24)(H,25,26)/t8-,11?,12?,13-/m1/s1. The summed E-state index contributed by atoms with van der Waals surface area (Å²) in [6, 6.07) is 2.95. The number of phenols is 1. The number of benzene rings is 1. The number of carbonyl (C=O) groups excluding carboxylic acids is 1. The molecule has 4 atom stereocenters. The fourth-order valence-electron chi connectivity index (χ4n) is 4.33. The Morgan fingerprint density at radius 3 is 2.52 bits per heavy atom. The first kappa shape index (κ1) is 20.0. The molecule has 3 fully saturated rings. The van der Waals surface area contributed by atoms with Crippen LogP contribution in [-0.2, 0) is 4.79 Å². The number of ether oxygens (including phenoxy) is 1. The second-order valence-corrected chi connectivity index (χ2v) is 8.05. The van der Waals surface area contributed by atoms with Crippen molar-refractivity contribution in [1.82, 2.24) is 10.2 Å². The van der Waals surface area contributed by atoms with E-state index in [0.29, 0.717) is 38.0 Å². The lowest BCUT2D eigenvalue weighted by Crippen LogP contribution is -2.58. The Bertz CT molecular complexity index is 830. The van der Waals surface area contributed by atoms with E-state index in [1.807, 2.05) is 0 Å². The lowest BCUT2D eigenvalue weighted by atomic mass is 9.81. The summed E-state index contributed by atoms with van der Waals surface area (Å²) in [6.45, 7) is 1.83. The SMILES string of the molecule is NC(=O)[C@H]1C[C@@H](N2CC(Oc3ccc(C4CC4B(O)O)c(O)c3C(=O)O)C2)CN1. The molecule has 11 heteroatoms. The zero-order chi connectivity index (χ0) is 20.9. The second-order valence-electron chi connectivity index (χ2n) is 8.05. The average molecular weight is 405 g/mol. The van der Waals surface area contributed by atoms with Crippen LogP contribution in [0.2, 0.25) is 5.82 Å². The summed E-state index contributed by atoms with van der Waals surface area (Å²) < 4.78 is 5.82. The van der Waals surface area contributed by atoms with Crippen LogP contribution in [0.4, 0.5) is 0 Å². The molecule has 0 aromatic heterocycles. The van der Waals surface area contributed by atoms with Crippen molar-refractivity contribution in [1.29, 1.82) is 0 Å². The molecule has 7 N–H and O–H groups in total. The van der Waals surface area contributed by atoms with Gasteiger partial charge < -0.3 is 36.0 Å². The number of amides is 1. The topological polar surface area (TPSA) is 166 Å². The smallest absolute Gasteiger partial charge is 0.455 e. The maximum atomic E-state index is 11.7. The minimum atomic E-state index is -1.50. The van der Waals surface area contributed by atoms with Crippen LogP contribution in [0.25, 0.3) is 0 Å². The van der Waals surface area contributed by atoms with Gasteiger partial charge in [0.15, 0.2) is 0 Å². The van der Waals surface area contributed by atoms with Crippen LogP contribution in [-0.4, -0.2) is 82.0 Å². The molecular weight excluding hydrogens is 381 g/mol. The summed E-state index contributed by atoms with van der Waals surface area (Å²) in [4.78, 5) is 25.1. The van der Waals surface area contributed by atoms with Gasteiger partial charge in [0.05, 0.1) is 6.04 Å². The Morgan fingerprint density at radius 2 is 1.97 bits per heavy atom. The van der Waals surface area contributed by atoms with Gasteiger partial charge in [-0.25, -0.2) is 4.79 Å². The molecule has 2 unspecified atom stereocenters. The van der Waals surface area contributed by atoms with Gasteiger partial charge in [0.1, 0.15) is 23.2 Å². The number of nitrogens with two attached hydrogens (primary N) is 1. The molecule has 2 saturated heterocycles. The maximum absolute atomic E-state index is 11.7. The summed E-state index contributed by atoms with van der Waals surface area (Å²) in [5, 5.41) is 41.6. The summed E-state index contributed by atoms with van der Waals surface area (Å²) in [6.07, 6.45) is 0.889. The predicted molar refractivity (Wildman–Crippen MR) is 102 cm³/mol. The van der Waals surface area contributed by atoms with Crippen molar-refractivity contribution in [3.8, 4) is 11.5 Å². The summed E-state index contributed by atoms with van der Waals surface area (Å²) in [5.74, 6) is -2.66. The molecule has 3 aliphatic rings. The number of carboxylic acid groups (broad SMARTS) is 1. The van der Waals surface area contributed by atoms with Crippen molar-refractivity contribution in [2.75, 3.05) is 19.6 Å². The zero-order valence-corrected chi connectivity index (χ0v) is 15.7. The normalized spacial score (nSPS) is 29.3. The quantitative estimate of drug-likeness (QED) is 0.302. The first-order chi connectivity index (χ1) is 13.8. The second kappa shape index (κ2) is 7.49. The van der Waals surface area contributed by atoms with Crippen LogP contribution in [0.3, 0.4) is 0 Å². The van der Waals surface area contributed by atoms with Crippen LogP contribution in [0.5, 0.6) is 11.5 Å². The highest BCUT2D eigenvalue weighted by atomic mass is 16.5. The molecule has 1 aromatic rings. The number of rotatable bonds is 7. The van der Waals surface area contributed by atoms with Crippen LogP contribution in [0.1, 0.15) is 34.7 Å². The number of hydrogen-bond donors (Lipinski definition) is 6. The Kier molecular flexibility index (Phi) is 5.15. The largest absolute Gasteiger partial charge is 0.507 e. The van der Waals surface area contributed by atoms with Crippen molar-refractivity contribution in [2.45, 2.75) is 42.8 Å². The fourth-order valence-corrected chi connectivity index (χ4v) is 4.33. The van der Waals surface area contributed by atoms with Crippen molar-refractivity contribution in [3.05, 3.63) is 23.3 Å². The van der Waals surface area contributed by atoms with Gasteiger partial charge in [-0.1, -0.05) is 6.07 Å². The number of carbonyl (C=O) groups is 2. The fraction of sp³-hybridized carbons (Fsp3) is 0.556. The summed E-state index contributed by atoms with van der Waals surface area (Å²) in [7, 11) is -1.50. The monoisotopic (exact) mass is 405 g/mol. The molecule has 2 heterocycles. The van der Waals surface area contributed by atoms with E-state index in [4.69, 9.17) is 10.5 Å². The number of aromatic hydroxyl groups is 1. The third kappa shape index (κ3) is 3.78. The molecule has 29 heavy (non-hydrogen) atoms. The number of aromatic carboxylic acids is 1. The van der Waals surface area contributed by atoms with Crippen molar-refractivity contribution in [3.63, 3.8) is 0 Å². The van der Waals surface area contributed by atoms with Gasteiger partial charge in [0, 0.05) is 31.5 Å². The van der Waals surface area contributed by atoms with E-state index in [2.05, 4.69) is 10.2 Å². The van der Waals surface area contributed by atoms with Gasteiger partial charge in [0.2, 0.25) is 5.91 Å². The molecule has 0 bridgehead atoms. The summed E-state index contributed by atoms with van der Waals surface area (Å²) in [5.41, 5.74) is 5.40. The van der Waals surface area contributed by atoms with Crippen LogP contribution in [0, 0.1) is 0 Å². The molecule has 4 rings (SSSR count). The highest BCUT2D eigenvalue weighted by Crippen LogP contribution is 2.56. The highest BCUT2D eigenvalue weighted by Gasteiger charge is 2.48. The van der Waals surface area contributed by atoms with Gasteiger partial charge >= 0.3 is 13.1 Å². The van der Waals surface area contributed by atoms with E-state index in [9.17, 15) is 29.9 Å². The number of hydrogen-bond acceptors (Lipinski definition) is 8.